The van der Waals surface area contributed by atoms with Gasteiger partial charge in [-0.25, -0.2) is 4.98 Å². The summed E-state index contributed by atoms with van der Waals surface area (Å²) in [7, 11) is 0. The van der Waals surface area contributed by atoms with Gasteiger partial charge in [0, 0.05) is 51.0 Å². The average Bonchev–Trinajstić information content (AvgIpc) is 3.28. The number of aromatic nitrogens is 1. The van der Waals surface area contributed by atoms with E-state index in [2.05, 4.69) is 16.8 Å². The van der Waals surface area contributed by atoms with Crippen molar-refractivity contribution in [1.82, 2.24) is 14.8 Å². The molecule has 148 valence electrons. The Morgan fingerprint density at radius 2 is 1.68 bits per heavy atom. The zero-order chi connectivity index (χ0) is 19.5. The topological polar surface area (TPSA) is 69.9 Å². The number of amides is 2. The molecule has 2 aromatic rings. The Bertz CT molecular complexity index is 820. The van der Waals surface area contributed by atoms with Gasteiger partial charge >= 0.3 is 0 Å². The second kappa shape index (κ2) is 8.04. The number of pyridine rings is 1. The third-order valence-electron chi connectivity index (χ3n) is 5.69. The molecule has 0 spiro atoms. The minimum absolute atomic E-state index is 0.000810. The predicted octanol–water partition coefficient (Wildman–Crippen LogP) is 2.51. The van der Waals surface area contributed by atoms with Crippen molar-refractivity contribution in [3.63, 3.8) is 0 Å². The molecule has 0 bridgehead atoms. The normalized spacial score (nSPS) is 18.4. The second-order valence-electron chi connectivity index (χ2n) is 7.63. The minimum atomic E-state index is -0.123. The Balaban J connectivity index is 1.37. The molecule has 4 rings (SSSR count). The Morgan fingerprint density at radius 3 is 2.32 bits per heavy atom. The van der Waals surface area contributed by atoms with Crippen LogP contribution in [0.5, 0.6) is 0 Å². The lowest BCUT2D eigenvalue weighted by atomic mass is 9.99. The van der Waals surface area contributed by atoms with Gasteiger partial charge in [0.2, 0.25) is 0 Å². The number of furan rings is 1. The molecule has 7 heteroatoms. The Kier molecular flexibility index (Phi) is 5.32. The molecule has 0 unspecified atom stereocenters. The summed E-state index contributed by atoms with van der Waals surface area (Å²) in [5.74, 6) is 1.85. The number of piperidine rings is 1. The van der Waals surface area contributed by atoms with Crippen molar-refractivity contribution in [3.05, 3.63) is 48.0 Å². The van der Waals surface area contributed by atoms with E-state index in [0.29, 0.717) is 37.5 Å². The largest absolute Gasteiger partial charge is 0.459 e. The number of carbonyl (C=O) groups excluding carboxylic acids is 2. The zero-order valence-corrected chi connectivity index (χ0v) is 16.2. The van der Waals surface area contributed by atoms with Crippen LogP contribution in [0.1, 0.15) is 40.7 Å². The van der Waals surface area contributed by atoms with Gasteiger partial charge in [0.1, 0.15) is 5.82 Å². The highest BCUT2D eigenvalue weighted by atomic mass is 16.3. The molecule has 2 aromatic heterocycles. The fourth-order valence-electron chi connectivity index (χ4n) is 3.81. The van der Waals surface area contributed by atoms with Gasteiger partial charge in [-0.05, 0) is 43.0 Å². The SMILES string of the molecule is CC1CCN(c2cc(C(=O)N3CCN(C(=O)c4ccco4)CC3)ccn2)CC1. The van der Waals surface area contributed by atoms with Gasteiger partial charge in [-0.1, -0.05) is 6.92 Å². The van der Waals surface area contributed by atoms with Gasteiger partial charge in [0.05, 0.1) is 6.26 Å². The van der Waals surface area contributed by atoms with E-state index in [1.807, 2.05) is 11.0 Å². The summed E-state index contributed by atoms with van der Waals surface area (Å²) < 4.78 is 5.19. The van der Waals surface area contributed by atoms with Gasteiger partial charge in [-0.15, -0.1) is 0 Å². The van der Waals surface area contributed by atoms with Crippen molar-refractivity contribution in [2.75, 3.05) is 44.2 Å². The molecule has 2 saturated heterocycles. The molecule has 0 atom stereocenters. The first kappa shape index (κ1) is 18.5. The van der Waals surface area contributed by atoms with Crippen LogP contribution in [-0.4, -0.2) is 65.9 Å². The molecule has 2 amide bonds. The fraction of sp³-hybridized carbons (Fsp3) is 0.476. The lowest BCUT2D eigenvalue weighted by Crippen LogP contribution is -2.50. The van der Waals surface area contributed by atoms with E-state index < -0.39 is 0 Å². The third-order valence-corrected chi connectivity index (χ3v) is 5.69. The first-order valence-electron chi connectivity index (χ1n) is 9.95. The fourth-order valence-corrected chi connectivity index (χ4v) is 3.81. The van der Waals surface area contributed by atoms with E-state index in [0.717, 1.165) is 37.7 Å². The van der Waals surface area contributed by atoms with Crippen LogP contribution in [0, 0.1) is 5.92 Å². The van der Waals surface area contributed by atoms with E-state index in [9.17, 15) is 9.59 Å². The molecule has 0 radical (unpaired) electrons. The van der Waals surface area contributed by atoms with Gasteiger partial charge < -0.3 is 19.1 Å². The number of anilines is 1. The quantitative estimate of drug-likeness (QED) is 0.816. The maximum atomic E-state index is 12.9. The second-order valence-corrected chi connectivity index (χ2v) is 7.63. The van der Waals surface area contributed by atoms with Crippen LogP contribution >= 0.6 is 0 Å². The monoisotopic (exact) mass is 382 g/mol. The maximum Gasteiger partial charge on any atom is 0.289 e. The summed E-state index contributed by atoms with van der Waals surface area (Å²) in [5, 5.41) is 0. The van der Waals surface area contributed by atoms with Crippen LogP contribution in [0.3, 0.4) is 0 Å². The minimum Gasteiger partial charge on any atom is -0.459 e. The van der Waals surface area contributed by atoms with Crippen LogP contribution in [0.4, 0.5) is 5.82 Å². The van der Waals surface area contributed by atoms with Crippen molar-refractivity contribution in [3.8, 4) is 0 Å². The summed E-state index contributed by atoms with van der Waals surface area (Å²) in [6.45, 7) is 6.30. The van der Waals surface area contributed by atoms with Gasteiger partial charge in [0.25, 0.3) is 11.8 Å². The highest BCUT2D eigenvalue weighted by molar-refractivity contribution is 5.95. The number of hydrogen-bond donors (Lipinski definition) is 0. The molecule has 4 heterocycles. The zero-order valence-electron chi connectivity index (χ0n) is 16.2. The Hall–Kier alpha value is -2.83. The van der Waals surface area contributed by atoms with E-state index >= 15 is 0 Å². The summed E-state index contributed by atoms with van der Waals surface area (Å²) in [4.78, 5) is 35.6. The van der Waals surface area contributed by atoms with Crippen molar-refractivity contribution in [2.24, 2.45) is 5.92 Å². The molecular formula is C21H26N4O3. The summed E-state index contributed by atoms with van der Waals surface area (Å²) in [6.07, 6.45) is 5.53. The number of piperazine rings is 1. The molecule has 2 aliphatic rings. The number of hydrogen-bond acceptors (Lipinski definition) is 5. The molecular weight excluding hydrogens is 356 g/mol. The highest BCUT2D eigenvalue weighted by Crippen LogP contribution is 2.22. The molecule has 0 saturated carbocycles. The molecule has 2 aliphatic heterocycles. The molecule has 0 aliphatic carbocycles. The molecule has 0 N–H and O–H groups in total. The summed E-state index contributed by atoms with van der Waals surface area (Å²) >= 11 is 0. The van der Waals surface area contributed by atoms with E-state index in [-0.39, 0.29) is 11.8 Å². The summed E-state index contributed by atoms with van der Waals surface area (Å²) in [5.41, 5.74) is 0.662. The average molecular weight is 382 g/mol. The smallest absolute Gasteiger partial charge is 0.289 e. The summed E-state index contributed by atoms with van der Waals surface area (Å²) in [6, 6.07) is 7.05. The van der Waals surface area contributed by atoms with Gasteiger partial charge in [-0.3, -0.25) is 9.59 Å². The molecule has 7 nitrogen and oxygen atoms in total. The van der Waals surface area contributed by atoms with Crippen LogP contribution in [-0.2, 0) is 0 Å². The first-order chi connectivity index (χ1) is 13.6. The lowest BCUT2D eigenvalue weighted by molar-refractivity contribution is 0.0518. The predicted molar refractivity (Wildman–Crippen MR) is 105 cm³/mol. The van der Waals surface area contributed by atoms with Crippen molar-refractivity contribution >= 4 is 17.6 Å². The van der Waals surface area contributed by atoms with Crippen LogP contribution < -0.4 is 4.90 Å². The third kappa shape index (κ3) is 3.88. The van der Waals surface area contributed by atoms with E-state index in [4.69, 9.17) is 4.42 Å². The molecule has 0 aromatic carbocycles. The van der Waals surface area contributed by atoms with Crippen molar-refractivity contribution in [2.45, 2.75) is 19.8 Å². The van der Waals surface area contributed by atoms with E-state index in [1.54, 1.807) is 29.3 Å². The maximum absolute atomic E-state index is 12.9. The number of rotatable bonds is 3. The standard InChI is InChI=1S/C21H26N4O3/c1-16-5-8-23(9-6-16)19-15-17(4-7-22-19)20(26)24-10-12-25(13-11-24)21(27)18-3-2-14-28-18/h2-4,7,14-16H,5-6,8-13H2,1H3. The molecule has 2 fully saturated rings. The molecule has 28 heavy (non-hydrogen) atoms. The Labute approximate surface area is 164 Å². The van der Waals surface area contributed by atoms with Gasteiger partial charge in [0.15, 0.2) is 5.76 Å². The van der Waals surface area contributed by atoms with Crippen molar-refractivity contribution < 1.29 is 14.0 Å². The van der Waals surface area contributed by atoms with Crippen LogP contribution in [0.25, 0.3) is 0 Å². The first-order valence-corrected chi connectivity index (χ1v) is 9.95. The van der Waals surface area contributed by atoms with Crippen LogP contribution in [0.2, 0.25) is 0 Å². The number of nitrogens with zero attached hydrogens (tertiary/aromatic N) is 4. The van der Waals surface area contributed by atoms with Gasteiger partial charge in [-0.2, -0.15) is 0 Å². The number of carbonyl (C=O) groups is 2. The Morgan fingerprint density at radius 1 is 1.00 bits per heavy atom. The van der Waals surface area contributed by atoms with E-state index in [1.165, 1.54) is 6.26 Å². The van der Waals surface area contributed by atoms with Crippen LogP contribution in [0.15, 0.2) is 41.1 Å². The lowest BCUT2D eigenvalue weighted by Gasteiger charge is -2.34. The van der Waals surface area contributed by atoms with Crippen molar-refractivity contribution in [1.29, 1.82) is 0 Å². The highest BCUT2D eigenvalue weighted by Gasteiger charge is 2.27.